The van der Waals surface area contributed by atoms with Gasteiger partial charge in [-0.05, 0) is 40.8 Å². The Bertz CT molecular complexity index is 722. The SMILES string of the molecule is CC(C)(C)c1nc(-c2cc(F)ccc2Br)[nH]c(=O)c1I. The number of hydrogen-bond donors (Lipinski definition) is 1. The smallest absolute Gasteiger partial charge is 0.264 e. The van der Waals surface area contributed by atoms with Crippen molar-refractivity contribution in [1.29, 1.82) is 0 Å². The van der Waals surface area contributed by atoms with Gasteiger partial charge in [0.1, 0.15) is 15.2 Å². The Morgan fingerprint density at radius 1 is 1.35 bits per heavy atom. The molecule has 0 unspecified atom stereocenters. The second-order valence-corrected chi connectivity index (χ2v) is 7.38. The molecule has 1 heterocycles. The zero-order valence-electron chi connectivity index (χ0n) is 11.2. The molecule has 1 aromatic heterocycles. The maximum Gasteiger partial charge on any atom is 0.264 e. The monoisotopic (exact) mass is 450 g/mol. The van der Waals surface area contributed by atoms with Crippen LogP contribution in [0.1, 0.15) is 26.5 Å². The van der Waals surface area contributed by atoms with Crippen molar-refractivity contribution in [2.24, 2.45) is 0 Å². The van der Waals surface area contributed by atoms with Gasteiger partial charge in [0, 0.05) is 15.5 Å². The standard InChI is InChI=1S/C14H13BrFIN2O/c1-14(2,3)11-10(17)13(20)19-12(18-11)8-6-7(16)4-5-9(8)15/h4-6H,1-3H3,(H,18,19,20). The Hall–Kier alpha value is -0.760. The first-order chi connectivity index (χ1) is 9.20. The van der Waals surface area contributed by atoms with Crippen LogP contribution in [0.3, 0.4) is 0 Å². The number of nitrogens with one attached hydrogen (secondary N) is 1. The van der Waals surface area contributed by atoms with Crippen molar-refractivity contribution in [3.8, 4) is 11.4 Å². The molecule has 0 aliphatic rings. The molecule has 0 bridgehead atoms. The van der Waals surface area contributed by atoms with Crippen LogP contribution >= 0.6 is 38.5 Å². The van der Waals surface area contributed by atoms with Crippen molar-refractivity contribution in [1.82, 2.24) is 9.97 Å². The first-order valence-corrected chi connectivity index (χ1v) is 7.83. The van der Waals surface area contributed by atoms with E-state index in [4.69, 9.17) is 0 Å². The Morgan fingerprint density at radius 3 is 2.60 bits per heavy atom. The number of aromatic nitrogens is 2. The Morgan fingerprint density at radius 2 is 2.00 bits per heavy atom. The van der Waals surface area contributed by atoms with Gasteiger partial charge in [0.15, 0.2) is 0 Å². The molecule has 0 radical (unpaired) electrons. The second kappa shape index (κ2) is 5.55. The lowest BCUT2D eigenvalue weighted by Crippen LogP contribution is -2.24. The molecule has 0 spiro atoms. The van der Waals surface area contributed by atoms with E-state index < -0.39 is 0 Å². The minimum atomic E-state index is -0.373. The van der Waals surface area contributed by atoms with Crippen molar-refractivity contribution in [3.63, 3.8) is 0 Å². The van der Waals surface area contributed by atoms with E-state index in [0.717, 1.165) is 0 Å². The van der Waals surface area contributed by atoms with E-state index in [1.165, 1.54) is 12.1 Å². The maximum absolute atomic E-state index is 13.4. The zero-order valence-corrected chi connectivity index (χ0v) is 15.0. The number of H-pyrrole nitrogens is 1. The molecule has 0 aliphatic carbocycles. The highest BCUT2D eigenvalue weighted by Gasteiger charge is 2.22. The molecule has 3 nitrogen and oxygen atoms in total. The highest BCUT2D eigenvalue weighted by atomic mass is 127. The van der Waals surface area contributed by atoms with Crippen LogP contribution in [0, 0.1) is 9.39 Å². The van der Waals surface area contributed by atoms with Gasteiger partial charge in [-0.1, -0.05) is 36.7 Å². The predicted octanol–water partition coefficient (Wildman–Crippen LogP) is 4.24. The van der Waals surface area contributed by atoms with Crippen molar-refractivity contribution in [3.05, 3.63) is 48.1 Å². The van der Waals surface area contributed by atoms with Gasteiger partial charge < -0.3 is 4.98 Å². The van der Waals surface area contributed by atoms with E-state index in [9.17, 15) is 9.18 Å². The number of aromatic amines is 1. The summed E-state index contributed by atoms with van der Waals surface area (Å²) in [5.41, 5.74) is 0.757. The molecule has 0 aliphatic heterocycles. The summed E-state index contributed by atoms with van der Waals surface area (Å²) >= 11 is 5.34. The van der Waals surface area contributed by atoms with Gasteiger partial charge >= 0.3 is 0 Å². The zero-order chi connectivity index (χ0) is 15.1. The molecular formula is C14H13BrFIN2O. The van der Waals surface area contributed by atoms with Gasteiger partial charge in [0.2, 0.25) is 0 Å². The quantitative estimate of drug-likeness (QED) is 0.660. The average molecular weight is 451 g/mol. The highest BCUT2D eigenvalue weighted by Crippen LogP contribution is 2.29. The topological polar surface area (TPSA) is 45.8 Å². The van der Waals surface area contributed by atoms with Crippen molar-refractivity contribution in [2.45, 2.75) is 26.2 Å². The molecule has 0 fully saturated rings. The van der Waals surface area contributed by atoms with Gasteiger partial charge in [0.05, 0.1) is 5.69 Å². The van der Waals surface area contributed by atoms with Crippen LogP contribution in [-0.2, 0) is 5.41 Å². The predicted molar refractivity (Wildman–Crippen MR) is 89.4 cm³/mol. The van der Waals surface area contributed by atoms with E-state index in [0.29, 0.717) is 25.1 Å². The Labute approximate surface area is 138 Å². The van der Waals surface area contributed by atoms with E-state index in [1.54, 1.807) is 6.07 Å². The number of benzene rings is 1. The molecular weight excluding hydrogens is 438 g/mol. The summed E-state index contributed by atoms with van der Waals surface area (Å²) in [4.78, 5) is 19.3. The Kier molecular flexibility index (Phi) is 4.34. The molecule has 0 atom stereocenters. The Balaban J connectivity index is 2.74. The number of rotatable bonds is 1. The van der Waals surface area contributed by atoms with Crippen LogP contribution in [0.5, 0.6) is 0 Å². The number of nitrogens with zero attached hydrogens (tertiary/aromatic N) is 1. The van der Waals surface area contributed by atoms with Crippen LogP contribution in [-0.4, -0.2) is 9.97 Å². The highest BCUT2D eigenvalue weighted by molar-refractivity contribution is 14.1. The maximum atomic E-state index is 13.4. The van der Waals surface area contributed by atoms with E-state index >= 15 is 0 Å². The van der Waals surface area contributed by atoms with Gasteiger partial charge in [-0.2, -0.15) is 0 Å². The van der Waals surface area contributed by atoms with Crippen LogP contribution < -0.4 is 5.56 Å². The minimum Gasteiger partial charge on any atom is -0.306 e. The summed E-state index contributed by atoms with van der Waals surface area (Å²) in [7, 11) is 0. The first kappa shape index (κ1) is 15.6. The lowest BCUT2D eigenvalue weighted by atomic mass is 9.92. The van der Waals surface area contributed by atoms with Crippen molar-refractivity contribution in [2.75, 3.05) is 0 Å². The molecule has 2 aromatic rings. The van der Waals surface area contributed by atoms with Gasteiger partial charge in [0.25, 0.3) is 5.56 Å². The van der Waals surface area contributed by atoms with E-state index in [2.05, 4.69) is 25.9 Å². The summed E-state index contributed by atoms with van der Waals surface area (Å²) in [6.45, 7) is 5.96. The third-order valence-corrected chi connectivity index (χ3v) is 4.45. The molecule has 0 saturated carbocycles. The fraction of sp³-hybridized carbons (Fsp3) is 0.286. The first-order valence-electron chi connectivity index (χ1n) is 5.96. The number of halogens is 3. The summed E-state index contributed by atoms with van der Waals surface area (Å²) in [5, 5.41) is 0. The molecule has 6 heteroatoms. The normalized spacial score (nSPS) is 11.7. The molecule has 2 rings (SSSR count). The molecule has 106 valence electrons. The molecule has 20 heavy (non-hydrogen) atoms. The number of hydrogen-bond acceptors (Lipinski definition) is 2. The fourth-order valence-electron chi connectivity index (χ4n) is 1.76. The van der Waals surface area contributed by atoms with E-state index in [1.807, 2.05) is 43.4 Å². The van der Waals surface area contributed by atoms with Crippen LogP contribution in [0.4, 0.5) is 4.39 Å². The third-order valence-electron chi connectivity index (χ3n) is 2.76. The summed E-state index contributed by atoms with van der Waals surface area (Å²) < 4.78 is 14.6. The van der Waals surface area contributed by atoms with Gasteiger partial charge in [-0.25, -0.2) is 9.37 Å². The summed E-state index contributed by atoms with van der Waals surface area (Å²) in [6, 6.07) is 4.30. The molecule has 0 amide bonds. The minimum absolute atomic E-state index is 0.211. The fourth-order valence-corrected chi connectivity index (χ4v) is 3.26. The van der Waals surface area contributed by atoms with E-state index in [-0.39, 0.29) is 16.8 Å². The van der Waals surface area contributed by atoms with Crippen molar-refractivity contribution >= 4 is 38.5 Å². The van der Waals surface area contributed by atoms with Crippen LogP contribution in [0.25, 0.3) is 11.4 Å². The largest absolute Gasteiger partial charge is 0.306 e. The van der Waals surface area contributed by atoms with Gasteiger partial charge in [-0.15, -0.1) is 0 Å². The third kappa shape index (κ3) is 3.11. The second-order valence-electron chi connectivity index (χ2n) is 5.45. The average Bonchev–Trinajstić information content (AvgIpc) is 2.34. The summed E-state index contributed by atoms with van der Waals surface area (Å²) in [5.74, 6) is -0.00609. The van der Waals surface area contributed by atoms with Crippen LogP contribution in [0.2, 0.25) is 0 Å². The summed E-state index contributed by atoms with van der Waals surface area (Å²) in [6.07, 6.45) is 0. The van der Waals surface area contributed by atoms with Crippen molar-refractivity contribution < 1.29 is 4.39 Å². The lowest BCUT2D eigenvalue weighted by molar-refractivity contribution is 0.562. The molecule has 0 saturated heterocycles. The molecule has 1 N–H and O–H groups in total. The molecule has 1 aromatic carbocycles. The van der Waals surface area contributed by atoms with Crippen LogP contribution in [0.15, 0.2) is 27.5 Å². The van der Waals surface area contributed by atoms with Gasteiger partial charge in [-0.3, -0.25) is 4.79 Å². The lowest BCUT2D eigenvalue weighted by Gasteiger charge is -2.20.